The van der Waals surface area contributed by atoms with Crippen molar-refractivity contribution in [1.82, 2.24) is 29.8 Å². The third-order valence-corrected chi connectivity index (χ3v) is 12.0. The molecule has 3 fully saturated rings. The van der Waals surface area contributed by atoms with Crippen LogP contribution in [0.4, 0.5) is 13.2 Å². The molecular weight excluding hydrogens is 621 g/mol. The molecule has 1 aromatic carbocycles. The molecule has 2 aromatic rings. The molecule has 7 nitrogen and oxygen atoms in total. The summed E-state index contributed by atoms with van der Waals surface area (Å²) in [7, 11) is 0. The Morgan fingerprint density at radius 2 is 1.66 bits per heavy atom. The molecule has 0 bridgehead atoms. The molecule has 1 aromatic heterocycles. The van der Waals surface area contributed by atoms with Crippen molar-refractivity contribution in [2.45, 2.75) is 102 Å². The van der Waals surface area contributed by atoms with Crippen molar-refractivity contribution < 1.29 is 18.0 Å². The first-order valence-electron chi connectivity index (χ1n) is 17.9. The van der Waals surface area contributed by atoms with Crippen molar-refractivity contribution in [2.75, 3.05) is 58.1 Å². The van der Waals surface area contributed by atoms with E-state index in [1.54, 1.807) is 12.1 Å². The first kappa shape index (κ1) is 34.8. The maximum absolute atomic E-state index is 14.1. The molecule has 11 heteroatoms. The summed E-state index contributed by atoms with van der Waals surface area (Å²) in [5.74, 6) is 1.65. The van der Waals surface area contributed by atoms with Crippen LogP contribution in [-0.4, -0.2) is 94.5 Å². The van der Waals surface area contributed by atoms with Crippen molar-refractivity contribution in [2.24, 2.45) is 11.3 Å². The molecule has 1 N–H and O–H groups in total. The Kier molecular flexibility index (Phi) is 11.0. The minimum Gasteiger partial charge on any atom is -0.340 e. The van der Waals surface area contributed by atoms with Gasteiger partial charge in [-0.3, -0.25) is 9.48 Å². The Balaban J connectivity index is 1.09. The number of hydrogen-bond donors (Lipinski definition) is 1. The Morgan fingerprint density at radius 3 is 2.34 bits per heavy atom. The summed E-state index contributed by atoms with van der Waals surface area (Å²) in [5.41, 5.74) is 3.65. The Labute approximate surface area is 283 Å². The molecule has 3 saturated heterocycles. The molecule has 4 aliphatic heterocycles. The number of halogens is 3. The highest BCUT2D eigenvalue weighted by atomic mass is 32.2. The smallest absolute Gasteiger partial charge is 0.340 e. The van der Waals surface area contributed by atoms with Crippen LogP contribution in [0.5, 0.6) is 0 Å². The number of amides is 1. The zero-order valence-electron chi connectivity index (χ0n) is 28.5. The molecule has 260 valence electrons. The first-order chi connectivity index (χ1) is 22.5. The highest BCUT2D eigenvalue weighted by Crippen LogP contribution is 2.40. The van der Waals surface area contributed by atoms with E-state index in [1.807, 2.05) is 0 Å². The number of thioether (sulfide) groups is 1. The van der Waals surface area contributed by atoms with Gasteiger partial charge < -0.3 is 20.0 Å². The van der Waals surface area contributed by atoms with Gasteiger partial charge in [0.25, 0.3) is 0 Å². The lowest BCUT2D eigenvalue weighted by Crippen LogP contribution is -2.45. The van der Waals surface area contributed by atoms with Gasteiger partial charge >= 0.3 is 6.18 Å². The lowest BCUT2D eigenvalue weighted by atomic mass is 9.75. The maximum atomic E-state index is 14.1. The fourth-order valence-corrected chi connectivity index (χ4v) is 9.24. The molecule has 0 atom stereocenters. The standard InChI is InChI=1S/C36H53F3N6OS/c1-35(2,3)27-10-18-43(19-11-27)22-23-47-32-24-26(7-8-30(32)36(37,38)39)34-29-25-40-14-9-31(29)45(41-34)17-5-15-42-20-12-28(13-21-42)44-16-4-6-33(44)46/h7-8,24,27-28,40H,4-6,9-23,25H2,1-3H3. The van der Waals surface area contributed by atoms with Crippen LogP contribution in [0.25, 0.3) is 11.3 Å². The molecule has 0 unspecified atom stereocenters. The number of rotatable bonds is 10. The summed E-state index contributed by atoms with van der Waals surface area (Å²) in [4.78, 5) is 19.5. The van der Waals surface area contributed by atoms with Gasteiger partial charge in [0.1, 0.15) is 0 Å². The first-order valence-corrected chi connectivity index (χ1v) is 18.8. The maximum Gasteiger partial charge on any atom is 0.417 e. The minimum atomic E-state index is -4.40. The number of benzene rings is 1. The van der Waals surface area contributed by atoms with Crippen LogP contribution in [0, 0.1) is 11.3 Å². The van der Waals surface area contributed by atoms with Crippen molar-refractivity contribution in [3.63, 3.8) is 0 Å². The van der Waals surface area contributed by atoms with Gasteiger partial charge in [-0.1, -0.05) is 26.8 Å². The third-order valence-electron chi connectivity index (χ3n) is 11.0. The molecule has 5 heterocycles. The van der Waals surface area contributed by atoms with Crippen LogP contribution >= 0.6 is 11.8 Å². The average molecular weight is 675 g/mol. The molecule has 0 saturated carbocycles. The monoisotopic (exact) mass is 674 g/mol. The lowest BCUT2D eigenvalue weighted by molar-refractivity contribution is -0.139. The van der Waals surface area contributed by atoms with E-state index in [-0.39, 0.29) is 0 Å². The van der Waals surface area contributed by atoms with E-state index in [0.717, 1.165) is 121 Å². The summed E-state index contributed by atoms with van der Waals surface area (Å²) in [6.07, 6.45) is 3.53. The minimum absolute atomic E-state index is 0.297. The number of aromatic nitrogens is 2. The molecule has 0 aliphatic carbocycles. The van der Waals surface area contributed by atoms with Gasteiger partial charge in [-0.05, 0) is 81.6 Å². The Morgan fingerprint density at radius 1 is 0.936 bits per heavy atom. The summed E-state index contributed by atoms with van der Waals surface area (Å²) >= 11 is 1.33. The zero-order valence-corrected chi connectivity index (χ0v) is 29.3. The van der Waals surface area contributed by atoms with E-state index in [1.165, 1.54) is 23.5 Å². The molecular formula is C36H53F3N6OS. The number of nitrogens with one attached hydrogen (secondary N) is 1. The number of nitrogens with zero attached hydrogens (tertiary/aromatic N) is 5. The summed E-state index contributed by atoms with van der Waals surface area (Å²) in [6, 6.07) is 5.00. The predicted molar refractivity (Wildman–Crippen MR) is 182 cm³/mol. The van der Waals surface area contributed by atoms with Gasteiger partial charge in [0, 0.05) is 92.2 Å². The number of carbonyl (C=O) groups is 1. The second-order valence-corrected chi connectivity index (χ2v) is 16.2. The van der Waals surface area contributed by atoms with Crippen LogP contribution < -0.4 is 5.32 Å². The topological polar surface area (TPSA) is 56.6 Å². The van der Waals surface area contributed by atoms with Crippen LogP contribution in [0.3, 0.4) is 0 Å². The number of aryl methyl sites for hydroxylation is 1. The lowest BCUT2D eigenvalue weighted by Gasteiger charge is -2.38. The highest BCUT2D eigenvalue weighted by molar-refractivity contribution is 7.99. The van der Waals surface area contributed by atoms with Crippen LogP contribution in [0.2, 0.25) is 0 Å². The van der Waals surface area contributed by atoms with Gasteiger partial charge in [-0.2, -0.15) is 18.3 Å². The number of alkyl halides is 3. The van der Waals surface area contributed by atoms with Crippen molar-refractivity contribution >= 4 is 17.7 Å². The van der Waals surface area contributed by atoms with E-state index in [9.17, 15) is 18.0 Å². The Hall–Kier alpha value is -2.08. The van der Waals surface area contributed by atoms with Gasteiger partial charge in [-0.25, -0.2) is 0 Å². The highest BCUT2D eigenvalue weighted by Gasteiger charge is 2.35. The van der Waals surface area contributed by atoms with Gasteiger partial charge in [0.15, 0.2) is 0 Å². The molecule has 1 amide bonds. The number of carbonyl (C=O) groups excluding carboxylic acids is 1. The largest absolute Gasteiger partial charge is 0.417 e. The van der Waals surface area contributed by atoms with Crippen LogP contribution in [0.15, 0.2) is 23.1 Å². The normalized spacial score (nSPS) is 21.1. The van der Waals surface area contributed by atoms with Crippen LogP contribution in [-0.2, 0) is 30.5 Å². The van der Waals surface area contributed by atoms with Crippen molar-refractivity contribution in [3.8, 4) is 11.3 Å². The van der Waals surface area contributed by atoms with Gasteiger partial charge in [0.05, 0.1) is 11.3 Å². The summed E-state index contributed by atoms with van der Waals surface area (Å²) in [6.45, 7) is 16.0. The number of piperidine rings is 2. The van der Waals surface area contributed by atoms with Crippen molar-refractivity contribution in [3.05, 3.63) is 35.0 Å². The second kappa shape index (κ2) is 14.8. The zero-order chi connectivity index (χ0) is 33.2. The molecule has 4 aliphatic rings. The Bertz CT molecular complexity index is 1370. The van der Waals surface area contributed by atoms with E-state index in [0.29, 0.717) is 46.9 Å². The number of hydrogen-bond acceptors (Lipinski definition) is 6. The summed E-state index contributed by atoms with van der Waals surface area (Å²) < 4.78 is 44.5. The van der Waals surface area contributed by atoms with E-state index >= 15 is 0 Å². The predicted octanol–water partition coefficient (Wildman–Crippen LogP) is 6.54. The fraction of sp³-hybridized carbons (Fsp3) is 0.722. The quantitative estimate of drug-likeness (QED) is 0.289. The van der Waals surface area contributed by atoms with E-state index in [2.05, 4.69) is 45.5 Å². The number of likely N-dealkylation sites (tertiary alicyclic amines) is 3. The molecule has 6 rings (SSSR count). The second-order valence-electron chi connectivity index (χ2n) is 15.1. The van der Waals surface area contributed by atoms with E-state index < -0.39 is 11.7 Å². The molecule has 0 spiro atoms. The summed E-state index contributed by atoms with van der Waals surface area (Å²) in [5, 5.41) is 8.50. The molecule has 0 radical (unpaired) electrons. The van der Waals surface area contributed by atoms with Gasteiger partial charge in [0.2, 0.25) is 5.91 Å². The molecule has 47 heavy (non-hydrogen) atoms. The number of fused-ring (bicyclic) bond motifs is 1. The fourth-order valence-electron chi connectivity index (χ4n) is 8.12. The van der Waals surface area contributed by atoms with Gasteiger partial charge in [-0.15, -0.1) is 11.8 Å². The third kappa shape index (κ3) is 8.39. The van der Waals surface area contributed by atoms with Crippen LogP contribution in [0.1, 0.15) is 82.5 Å². The van der Waals surface area contributed by atoms with Crippen molar-refractivity contribution in [1.29, 1.82) is 0 Å². The SMILES string of the molecule is CC(C)(C)C1CCN(CCSc2cc(-c3nn(CCCN4CCC(N5CCCC5=O)CC4)c4c3CNCC4)ccc2C(F)(F)F)CC1. The average Bonchev–Trinajstić information content (AvgIpc) is 3.64. The van der Waals surface area contributed by atoms with E-state index in [4.69, 9.17) is 5.10 Å².